The molecule has 3 amide bonds. The highest BCUT2D eigenvalue weighted by molar-refractivity contribution is 5.91. The van der Waals surface area contributed by atoms with E-state index in [1.54, 1.807) is 13.8 Å². The van der Waals surface area contributed by atoms with E-state index in [1.807, 2.05) is 44.2 Å². The predicted octanol–water partition coefficient (Wildman–Crippen LogP) is 1.95. The second kappa shape index (κ2) is 10.4. The minimum Gasteiger partial charge on any atom is -0.445 e. The van der Waals surface area contributed by atoms with Gasteiger partial charge in [0.15, 0.2) is 0 Å². The van der Waals surface area contributed by atoms with Gasteiger partial charge in [-0.3, -0.25) is 9.59 Å². The Kier molecular flexibility index (Phi) is 8.61. The Balaban J connectivity index is 2.67. The lowest BCUT2D eigenvalue weighted by Gasteiger charge is -2.26. The number of benzene rings is 1. The standard InChI is InChI=1S/C19H29N3O4/c1-5-13(4)16(17(20)23)21-18(24)15(12(2)3)22-19(25)26-11-14-9-7-6-8-10-14/h6-10,12-13,15-16H,5,11H2,1-4H3,(H2,20,23)(H,21,24)(H,22,25)/t13-,15+,16-/m0/s1. The fourth-order valence-corrected chi connectivity index (χ4v) is 2.40. The van der Waals surface area contributed by atoms with Crippen molar-refractivity contribution in [1.29, 1.82) is 0 Å². The van der Waals surface area contributed by atoms with E-state index in [1.165, 1.54) is 0 Å². The number of nitrogens with two attached hydrogens (primary N) is 1. The average molecular weight is 363 g/mol. The molecule has 3 atom stereocenters. The van der Waals surface area contributed by atoms with E-state index >= 15 is 0 Å². The van der Waals surface area contributed by atoms with E-state index in [-0.39, 0.29) is 18.4 Å². The van der Waals surface area contributed by atoms with Gasteiger partial charge in [-0.1, -0.05) is 64.4 Å². The highest BCUT2D eigenvalue weighted by Crippen LogP contribution is 2.10. The zero-order valence-corrected chi connectivity index (χ0v) is 15.8. The molecule has 4 N–H and O–H groups in total. The van der Waals surface area contributed by atoms with Gasteiger partial charge in [-0.25, -0.2) is 4.79 Å². The highest BCUT2D eigenvalue weighted by Gasteiger charge is 2.30. The van der Waals surface area contributed by atoms with Crippen LogP contribution in [0.2, 0.25) is 0 Å². The van der Waals surface area contributed by atoms with Gasteiger partial charge in [-0.2, -0.15) is 0 Å². The molecule has 0 unspecified atom stereocenters. The van der Waals surface area contributed by atoms with E-state index in [9.17, 15) is 14.4 Å². The van der Waals surface area contributed by atoms with Crippen molar-refractivity contribution in [2.45, 2.75) is 52.8 Å². The predicted molar refractivity (Wildman–Crippen MR) is 99.0 cm³/mol. The number of carbonyl (C=O) groups excluding carboxylic acids is 3. The van der Waals surface area contributed by atoms with Crippen LogP contribution in [0.15, 0.2) is 30.3 Å². The second-order valence-corrected chi connectivity index (χ2v) is 6.70. The Morgan fingerprint density at radius 3 is 2.15 bits per heavy atom. The molecule has 0 aromatic heterocycles. The molecule has 0 heterocycles. The van der Waals surface area contributed by atoms with Crippen molar-refractivity contribution in [3.05, 3.63) is 35.9 Å². The minimum absolute atomic E-state index is 0.103. The minimum atomic E-state index is -0.829. The smallest absolute Gasteiger partial charge is 0.408 e. The van der Waals surface area contributed by atoms with Crippen LogP contribution >= 0.6 is 0 Å². The molecule has 1 aromatic rings. The van der Waals surface area contributed by atoms with E-state index < -0.39 is 30.0 Å². The maximum Gasteiger partial charge on any atom is 0.408 e. The Morgan fingerprint density at radius 1 is 1.04 bits per heavy atom. The third-order valence-electron chi connectivity index (χ3n) is 4.25. The number of rotatable bonds is 9. The van der Waals surface area contributed by atoms with Crippen molar-refractivity contribution < 1.29 is 19.1 Å². The van der Waals surface area contributed by atoms with Gasteiger partial charge in [-0.05, 0) is 17.4 Å². The molecule has 26 heavy (non-hydrogen) atoms. The van der Waals surface area contributed by atoms with E-state index in [2.05, 4.69) is 10.6 Å². The first-order valence-corrected chi connectivity index (χ1v) is 8.83. The summed E-state index contributed by atoms with van der Waals surface area (Å²) in [7, 11) is 0. The molecule has 0 saturated heterocycles. The quantitative estimate of drug-likeness (QED) is 0.623. The fraction of sp³-hybridized carbons (Fsp3) is 0.526. The summed E-state index contributed by atoms with van der Waals surface area (Å²) in [6, 6.07) is 7.63. The summed E-state index contributed by atoms with van der Waals surface area (Å²) in [6.45, 7) is 7.44. The number of hydrogen-bond acceptors (Lipinski definition) is 4. The van der Waals surface area contributed by atoms with Crippen LogP contribution in [0, 0.1) is 11.8 Å². The molecular formula is C19H29N3O4. The highest BCUT2D eigenvalue weighted by atomic mass is 16.5. The third-order valence-corrected chi connectivity index (χ3v) is 4.25. The van der Waals surface area contributed by atoms with Crippen molar-refractivity contribution in [3.63, 3.8) is 0 Å². The van der Waals surface area contributed by atoms with Crippen molar-refractivity contribution in [3.8, 4) is 0 Å². The molecule has 0 aliphatic rings. The molecule has 0 bridgehead atoms. The number of ether oxygens (including phenoxy) is 1. The summed E-state index contributed by atoms with van der Waals surface area (Å²) in [5, 5.41) is 5.21. The van der Waals surface area contributed by atoms with Gasteiger partial charge >= 0.3 is 6.09 Å². The molecule has 144 valence electrons. The van der Waals surface area contributed by atoms with Gasteiger partial charge < -0.3 is 21.1 Å². The van der Waals surface area contributed by atoms with Crippen LogP contribution in [-0.2, 0) is 20.9 Å². The molecule has 0 radical (unpaired) electrons. The number of nitrogens with one attached hydrogen (secondary N) is 2. The Morgan fingerprint density at radius 2 is 1.65 bits per heavy atom. The lowest BCUT2D eigenvalue weighted by molar-refractivity contribution is -0.130. The van der Waals surface area contributed by atoms with E-state index in [0.29, 0.717) is 6.42 Å². The molecule has 0 fully saturated rings. The molecule has 0 saturated carbocycles. The largest absolute Gasteiger partial charge is 0.445 e. The van der Waals surface area contributed by atoms with E-state index in [0.717, 1.165) is 5.56 Å². The first kappa shape index (κ1) is 21.5. The van der Waals surface area contributed by atoms with Crippen LogP contribution in [0.25, 0.3) is 0 Å². The molecule has 0 aliphatic heterocycles. The molecular weight excluding hydrogens is 334 g/mol. The van der Waals surface area contributed by atoms with Crippen LogP contribution in [0.4, 0.5) is 4.79 Å². The number of alkyl carbamates (subject to hydrolysis) is 1. The summed E-state index contributed by atoms with van der Waals surface area (Å²) in [6.07, 6.45) is -0.00544. The molecule has 0 aliphatic carbocycles. The average Bonchev–Trinajstić information content (AvgIpc) is 2.61. The van der Waals surface area contributed by atoms with Gasteiger partial charge in [0.1, 0.15) is 18.7 Å². The van der Waals surface area contributed by atoms with Crippen LogP contribution in [0.1, 0.15) is 39.7 Å². The summed E-state index contributed by atoms with van der Waals surface area (Å²) in [4.78, 5) is 36.2. The zero-order valence-electron chi connectivity index (χ0n) is 15.8. The lowest BCUT2D eigenvalue weighted by atomic mass is 9.97. The maximum absolute atomic E-state index is 12.5. The second-order valence-electron chi connectivity index (χ2n) is 6.70. The topological polar surface area (TPSA) is 111 Å². The Labute approximate surface area is 154 Å². The molecule has 0 spiro atoms. The molecule has 7 heteroatoms. The number of hydrogen-bond donors (Lipinski definition) is 3. The normalized spacial score (nSPS) is 14.2. The van der Waals surface area contributed by atoms with Crippen molar-refractivity contribution in [2.24, 2.45) is 17.6 Å². The van der Waals surface area contributed by atoms with Gasteiger partial charge in [0.2, 0.25) is 11.8 Å². The first-order chi connectivity index (χ1) is 12.3. The molecule has 1 rings (SSSR count). The number of amides is 3. The maximum atomic E-state index is 12.5. The summed E-state index contributed by atoms with van der Waals surface area (Å²) in [5.41, 5.74) is 6.23. The van der Waals surface area contributed by atoms with Crippen molar-refractivity contribution in [2.75, 3.05) is 0 Å². The fourth-order valence-electron chi connectivity index (χ4n) is 2.40. The third kappa shape index (κ3) is 6.74. The van der Waals surface area contributed by atoms with Crippen LogP contribution in [0.3, 0.4) is 0 Å². The number of carbonyl (C=O) groups is 3. The monoisotopic (exact) mass is 363 g/mol. The van der Waals surface area contributed by atoms with Crippen molar-refractivity contribution >= 4 is 17.9 Å². The van der Waals surface area contributed by atoms with Gasteiger partial charge in [0.05, 0.1) is 0 Å². The van der Waals surface area contributed by atoms with Crippen LogP contribution in [-0.4, -0.2) is 30.0 Å². The zero-order chi connectivity index (χ0) is 19.7. The van der Waals surface area contributed by atoms with Gasteiger partial charge in [-0.15, -0.1) is 0 Å². The van der Waals surface area contributed by atoms with Crippen LogP contribution < -0.4 is 16.4 Å². The van der Waals surface area contributed by atoms with Gasteiger partial charge in [0.25, 0.3) is 0 Å². The van der Waals surface area contributed by atoms with Gasteiger partial charge in [0, 0.05) is 0 Å². The summed E-state index contributed by atoms with van der Waals surface area (Å²) < 4.78 is 5.16. The summed E-state index contributed by atoms with van der Waals surface area (Å²) >= 11 is 0. The Bertz CT molecular complexity index is 604. The summed E-state index contributed by atoms with van der Waals surface area (Å²) in [5.74, 6) is -1.35. The molecule has 1 aromatic carbocycles. The van der Waals surface area contributed by atoms with Crippen LogP contribution in [0.5, 0.6) is 0 Å². The van der Waals surface area contributed by atoms with E-state index in [4.69, 9.17) is 10.5 Å². The lowest BCUT2D eigenvalue weighted by Crippen LogP contribution is -2.56. The first-order valence-electron chi connectivity index (χ1n) is 8.83. The van der Waals surface area contributed by atoms with Crippen molar-refractivity contribution in [1.82, 2.24) is 10.6 Å². The number of primary amides is 1. The molecule has 7 nitrogen and oxygen atoms in total. The SMILES string of the molecule is CC[C@H](C)[C@H](NC(=O)[C@H](NC(=O)OCc1ccccc1)C(C)C)C(N)=O. The Hall–Kier alpha value is -2.57.